The fraction of sp³-hybridized carbons (Fsp3) is 0.409. The first kappa shape index (κ1) is 22.3. The summed E-state index contributed by atoms with van der Waals surface area (Å²) in [5.74, 6) is 0.142. The van der Waals surface area contributed by atoms with Crippen LogP contribution in [0.15, 0.2) is 53.4 Å². The zero-order valence-electron chi connectivity index (χ0n) is 17.3. The topological polar surface area (TPSA) is 84.9 Å². The highest BCUT2D eigenvalue weighted by atomic mass is 32.2. The van der Waals surface area contributed by atoms with Crippen LogP contribution < -0.4 is 10.1 Å². The number of benzene rings is 2. The Labute approximate surface area is 178 Å². The molecule has 1 N–H and O–H groups in total. The predicted molar refractivity (Wildman–Crippen MR) is 114 cm³/mol. The minimum absolute atomic E-state index is 0.0745. The maximum Gasteiger partial charge on any atom is 0.255 e. The van der Waals surface area contributed by atoms with Gasteiger partial charge in [0.2, 0.25) is 10.0 Å². The van der Waals surface area contributed by atoms with Gasteiger partial charge < -0.3 is 14.8 Å². The van der Waals surface area contributed by atoms with Gasteiger partial charge in [-0.15, -0.1) is 0 Å². The molecule has 0 saturated carbocycles. The van der Waals surface area contributed by atoms with Gasteiger partial charge in [-0.25, -0.2) is 8.42 Å². The third-order valence-corrected chi connectivity index (χ3v) is 7.19. The molecule has 1 aliphatic rings. The number of nitrogens with one attached hydrogen (secondary N) is 1. The summed E-state index contributed by atoms with van der Waals surface area (Å²) in [4.78, 5) is 13.0. The van der Waals surface area contributed by atoms with Crippen molar-refractivity contribution in [1.82, 2.24) is 9.62 Å². The lowest BCUT2D eigenvalue weighted by molar-refractivity contribution is 0.0730. The first-order valence-electron chi connectivity index (χ1n) is 10.1. The van der Waals surface area contributed by atoms with E-state index in [9.17, 15) is 13.2 Å². The summed E-state index contributed by atoms with van der Waals surface area (Å²) in [6, 6.07) is 14.4. The van der Waals surface area contributed by atoms with E-state index in [1.807, 2.05) is 30.3 Å². The van der Waals surface area contributed by atoms with E-state index < -0.39 is 10.0 Å². The SMILES string of the molecule is CCC(CNC(=O)c1cc(S(=O)(=O)N2CCOCC2)ccc1OC)c1ccccc1. The molecule has 1 aliphatic heterocycles. The molecule has 3 rings (SSSR count). The zero-order valence-corrected chi connectivity index (χ0v) is 18.2. The molecule has 8 heteroatoms. The Morgan fingerprint density at radius 3 is 2.50 bits per heavy atom. The number of rotatable bonds is 8. The average molecular weight is 433 g/mol. The fourth-order valence-electron chi connectivity index (χ4n) is 3.50. The van der Waals surface area contributed by atoms with Gasteiger partial charge in [-0.3, -0.25) is 4.79 Å². The Bertz CT molecular complexity index is 957. The van der Waals surface area contributed by atoms with Crippen molar-refractivity contribution in [3.8, 4) is 5.75 Å². The van der Waals surface area contributed by atoms with Crippen LogP contribution in [0.3, 0.4) is 0 Å². The number of amides is 1. The zero-order chi connectivity index (χ0) is 21.6. The van der Waals surface area contributed by atoms with E-state index in [0.717, 1.165) is 12.0 Å². The Morgan fingerprint density at radius 2 is 1.87 bits per heavy atom. The van der Waals surface area contributed by atoms with E-state index in [1.165, 1.54) is 29.6 Å². The molecule has 0 aliphatic carbocycles. The fourth-order valence-corrected chi connectivity index (χ4v) is 4.93. The Hall–Kier alpha value is -2.42. The molecule has 7 nitrogen and oxygen atoms in total. The smallest absolute Gasteiger partial charge is 0.255 e. The molecule has 1 fully saturated rings. The molecule has 2 aromatic carbocycles. The van der Waals surface area contributed by atoms with E-state index in [1.54, 1.807) is 0 Å². The Morgan fingerprint density at radius 1 is 1.17 bits per heavy atom. The second kappa shape index (κ2) is 10.1. The molecule has 1 unspecified atom stereocenters. The predicted octanol–water partition coefficient (Wildman–Crippen LogP) is 2.64. The number of nitrogens with zero attached hydrogens (tertiary/aromatic N) is 1. The van der Waals surface area contributed by atoms with Crippen molar-refractivity contribution >= 4 is 15.9 Å². The minimum atomic E-state index is -3.70. The summed E-state index contributed by atoms with van der Waals surface area (Å²) in [6.45, 7) is 3.83. The van der Waals surface area contributed by atoms with Crippen LogP contribution in [0.5, 0.6) is 5.75 Å². The molecule has 1 amide bonds. The Balaban J connectivity index is 1.80. The normalized spacial score (nSPS) is 16.1. The van der Waals surface area contributed by atoms with Gasteiger partial charge in [0.25, 0.3) is 5.91 Å². The highest BCUT2D eigenvalue weighted by Gasteiger charge is 2.28. The summed E-state index contributed by atoms with van der Waals surface area (Å²) in [6.07, 6.45) is 0.868. The molecule has 0 spiro atoms. The van der Waals surface area contributed by atoms with Gasteiger partial charge >= 0.3 is 0 Å². The summed E-state index contributed by atoms with van der Waals surface area (Å²) in [5, 5.41) is 2.93. The Kier molecular flexibility index (Phi) is 7.47. The quantitative estimate of drug-likeness (QED) is 0.693. The number of ether oxygens (including phenoxy) is 2. The average Bonchev–Trinajstić information content (AvgIpc) is 2.80. The third kappa shape index (κ3) is 5.00. The standard InChI is InChI=1S/C22H28N2O5S/c1-3-17(18-7-5-4-6-8-18)16-23-22(25)20-15-19(9-10-21(20)28-2)30(26,27)24-11-13-29-14-12-24/h4-10,15,17H,3,11-14,16H2,1-2H3,(H,23,25). The van der Waals surface area contributed by atoms with Crippen LogP contribution in [0.25, 0.3) is 0 Å². The summed E-state index contributed by atoms with van der Waals surface area (Å²) >= 11 is 0. The molecule has 162 valence electrons. The van der Waals surface area contributed by atoms with Crippen LogP contribution in [0.2, 0.25) is 0 Å². The van der Waals surface area contributed by atoms with Gasteiger partial charge in [0.15, 0.2) is 0 Å². The van der Waals surface area contributed by atoms with Crippen LogP contribution in [0, 0.1) is 0 Å². The van der Waals surface area contributed by atoms with Crippen molar-refractivity contribution < 1.29 is 22.7 Å². The summed E-state index contributed by atoms with van der Waals surface area (Å²) in [5.41, 5.74) is 1.35. The molecular weight excluding hydrogens is 404 g/mol. The number of carbonyl (C=O) groups is 1. The number of hydrogen-bond donors (Lipinski definition) is 1. The second-order valence-electron chi connectivity index (χ2n) is 7.10. The van der Waals surface area contributed by atoms with Crippen LogP contribution >= 0.6 is 0 Å². The van der Waals surface area contributed by atoms with Crippen molar-refractivity contribution in [2.75, 3.05) is 40.0 Å². The van der Waals surface area contributed by atoms with Crippen molar-refractivity contribution in [2.45, 2.75) is 24.2 Å². The maximum atomic E-state index is 13.0. The summed E-state index contributed by atoms with van der Waals surface area (Å²) in [7, 11) is -2.24. The first-order chi connectivity index (χ1) is 14.5. The van der Waals surface area contributed by atoms with E-state index in [0.29, 0.717) is 38.6 Å². The monoisotopic (exact) mass is 432 g/mol. The van der Waals surface area contributed by atoms with Gasteiger partial charge in [0.05, 0.1) is 30.8 Å². The maximum absolute atomic E-state index is 13.0. The second-order valence-corrected chi connectivity index (χ2v) is 9.04. The molecular formula is C22H28N2O5S. The van der Waals surface area contributed by atoms with E-state index in [-0.39, 0.29) is 22.3 Å². The molecule has 1 saturated heterocycles. The van der Waals surface area contributed by atoms with E-state index in [2.05, 4.69) is 12.2 Å². The number of carbonyl (C=O) groups excluding carboxylic acids is 1. The molecule has 30 heavy (non-hydrogen) atoms. The van der Waals surface area contributed by atoms with Crippen LogP contribution in [0.4, 0.5) is 0 Å². The van der Waals surface area contributed by atoms with E-state index in [4.69, 9.17) is 9.47 Å². The number of morpholine rings is 1. The van der Waals surface area contributed by atoms with Gasteiger partial charge in [-0.1, -0.05) is 37.3 Å². The minimum Gasteiger partial charge on any atom is -0.496 e. The molecule has 0 radical (unpaired) electrons. The lowest BCUT2D eigenvalue weighted by atomic mass is 9.96. The van der Waals surface area contributed by atoms with Crippen molar-refractivity contribution in [2.24, 2.45) is 0 Å². The van der Waals surface area contributed by atoms with Gasteiger partial charge in [-0.2, -0.15) is 4.31 Å². The lowest BCUT2D eigenvalue weighted by Gasteiger charge is -2.26. The summed E-state index contributed by atoms with van der Waals surface area (Å²) < 4.78 is 37.8. The third-order valence-electron chi connectivity index (χ3n) is 5.30. The van der Waals surface area contributed by atoms with Gasteiger partial charge in [0.1, 0.15) is 5.75 Å². The van der Waals surface area contributed by atoms with Crippen molar-refractivity contribution in [1.29, 1.82) is 0 Å². The van der Waals surface area contributed by atoms with Crippen molar-refractivity contribution in [3.05, 3.63) is 59.7 Å². The number of methoxy groups -OCH3 is 1. The van der Waals surface area contributed by atoms with Crippen LogP contribution in [0.1, 0.15) is 35.2 Å². The molecule has 0 aromatic heterocycles. The van der Waals surface area contributed by atoms with Crippen molar-refractivity contribution in [3.63, 3.8) is 0 Å². The van der Waals surface area contributed by atoms with Gasteiger partial charge in [0, 0.05) is 25.6 Å². The molecule has 1 atom stereocenters. The first-order valence-corrected chi connectivity index (χ1v) is 11.5. The van der Waals surface area contributed by atoms with Crippen LogP contribution in [-0.4, -0.2) is 58.6 Å². The number of sulfonamides is 1. The van der Waals surface area contributed by atoms with E-state index >= 15 is 0 Å². The molecule has 1 heterocycles. The highest BCUT2D eigenvalue weighted by Crippen LogP contribution is 2.26. The largest absolute Gasteiger partial charge is 0.496 e. The van der Waals surface area contributed by atoms with Crippen LogP contribution in [-0.2, 0) is 14.8 Å². The highest BCUT2D eigenvalue weighted by molar-refractivity contribution is 7.89. The number of hydrogen-bond acceptors (Lipinski definition) is 5. The lowest BCUT2D eigenvalue weighted by Crippen LogP contribution is -2.40. The molecule has 0 bridgehead atoms. The molecule has 2 aromatic rings. The van der Waals surface area contributed by atoms with Gasteiger partial charge in [-0.05, 0) is 30.2 Å².